The van der Waals surface area contributed by atoms with Gasteiger partial charge in [-0.2, -0.15) is 0 Å². The number of nitrogens with zero attached hydrogens (tertiary/aromatic N) is 1. The van der Waals surface area contributed by atoms with Gasteiger partial charge in [-0.25, -0.2) is 9.78 Å². The Morgan fingerprint density at radius 3 is 2.70 bits per heavy atom. The Hall–Kier alpha value is -2.82. The molecule has 0 aliphatic heterocycles. The van der Waals surface area contributed by atoms with E-state index in [0.717, 1.165) is 24.3 Å². The summed E-state index contributed by atoms with van der Waals surface area (Å²) in [6.07, 6.45) is 6.81. The summed E-state index contributed by atoms with van der Waals surface area (Å²) in [7, 11) is 0. The van der Waals surface area contributed by atoms with E-state index in [0.29, 0.717) is 29.7 Å². The highest BCUT2D eigenvalue weighted by atomic mass is 16.5. The number of oxazole rings is 1. The van der Waals surface area contributed by atoms with E-state index in [1.165, 1.54) is 25.7 Å². The minimum absolute atomic E-state index is 0.326. The number of ether oxygens (including phenoxy) is 2. The Kier molecular flexibility index (Phi) is 6.85. The number of benzene rings is 2. The van der Waals surface area contributed by atoms with Crippen molar-refractivity contribution in [2.24, 2.45) is 0 Å². The van der Waals surface area contributed by atoms with Crippen LogP contribution in [-0.4, -0.2) is 24.2 Å². The number of fused-ring (bicyclic) bond motifs is 1. The maximum Gasteiger partial charge on any atom is 0.338 e. The monoisotopic (exact) mass is 367 g/mol. The van der Waals surface area contributed by atoms with Crippen LogP contribution in [0.2, 0.25) is 0 Å². The molecule has 0 aliphatic rings. The number of carbonyl (C=O) groups excluding carboxylic acids is 1. The highest BCUT2D eigenvalue weighted by Gasteiger charge is 2.09. The number of hydrogen-bond donors (Lipinski definition) is 0. The molecule has 0 N–H and O–H groups in total. The van der Waals surface area contributed by atoms with Crippen LogP contribution in [-0.2, 0) is 11.2 Å². The van der Waals surface area contributed by atoms with Crippen LogP contribution < -0.4 is 4.74 Å². The van der Waals surface area contributed by atoms with Crippen molar-refractivity contribution >= 4 is 17.1 Å². The zero-order valence-electron chi connectivity index (χ0n) is 15.6. The lowest BCUT2D eigenvalue weighted by Gasteiger charge is -2.08. The minimum atomic E-state index is -0.355. The van der Waals surface area contributed by atoms with Crippen molar-refractivity contribution in [3.05, 3.63) is 60.0 Å². The van der Waals surface area contributed by atoms with Crippen molar-refractivity contribution in [3.8, 4) is 5.75 Å². The third kappa shape index (κ3) is 5.58. The molecule has 0 atom stereocenters. The summed E-state index contributed by atoms with van der Waals surface area (Å²) >= 11 is 0. The Morgan fingerprint density at radius 2 is 1.89 bits per heavy atom. The van der Waals surface area contributed by atoms with E-state index in [-0.39, 0.29) is 5.97 Å². The van der Waals surface area contributed by atoms with E-state index in [1.54, 1.807) is 18.2 Å². The molecule has 2 aromatic carbocycles. The third-order valence-corrected chi connectivity index (χ3v) is 4.38. The second-order valence-electron chi connectivity index (χ2n) is 6.47. The van der Waals surface area contributed by atoms with Gasteiger partial charge in [0, 0.05) is 6.42 Å². The maximum atomic E-state index is 12.1. The second-order valence-corrected chi connectivity index (χ2v) is 6.47. The van der Waals surface area contributed by atoms with Gasteiger partial charge in [-0.1, -0.05) is 38.3 Å². The van der Waals surface area contributed by atoms with Crippen molar-refractivity contribution in [1.29, 1.82) is 0 Å². The van der Waals surface area contributed by atoms with Crippen molar-refractivity contribution in [3.63, 3.8) is 0 Å². The molecule has 0 radical (unpaired) electrons. The predicted octanol–water partition coefficient (Wildman–Crippen LogP) is 5.19. The summed E-state index contributed by atoms with van der Waals surface area (Å²) in [5.41, 5.74) is 2.88. The van der Waals surface area contributed by atoms with E-state index in [1.807, 2.05) is 24.3 Å². The normalized spacial score (nSPS) is 10.9. The van der Waals surface area contributed by atoms with Gasteiger partial charge < -0.3 is 13.9 Å². The molecule has 0 saturated carbocycles. The molecule has 0 saturated heterocycles. The molecular formula is C22H25NO4. The summed E-state index contributed by atoms with van der Waals surface area (Å²) in [5.74, 6) is 0.528. The molecule has 1 heterocycles. The molecule has 142 valence electrons. The second kappa shape index (κ2) is 9.76. The fourth-order valence-corrected chi connectivity index (χ4v) is 2.80. The third-order valence-electron chi connectivity index (χ3n) is 4.38. The van der Waals surface area contributed by atoms with Crippen LogP contribution in [0, 0.1) is 0 Å². The number of carbonyl (C=O) groups is 1. The summed E-state index contributed by atoms with van der Waals surface area (Å²) in [5, 5.41) is 0. The minimum Gasteiger partial charge on any atom is -0.494 e. The highest BCUT2D eigenvalue weighted by molar-refractivity contribution is 5.93. The molecule has 3 rings (SSSR count). The van der Waals surface area contributed by atoms with E-state index >= 15 is 0 Å². The zero-order chi connectivity index (χ0) is 18.9. The molecule has 0 unspecified atom stereocenters. The lowest BCUT2D eigenvalue weighted by Crippen LogP contribution is -2.08. The fraction of sp³-hybridized carbons (Fsp3) is 0.364. The Bertz CT molecular complexity index is 854. The smallest absolute Gasteiger partial charge is 0.338 e. The molecule has 0 bridgehead atoms. The van der Waals surface area contributed by atoms with Gasteiger partial charge in [0.05, 0.1) is 18.8 Å². The molecule has 5 nitrogen and oxygen atoms in total. The van der Waals surface area contributed by atoms with Crippen molar-refractivity contribution in [2.75, 3.05) is 13.2 Å². The first-order chi connectivity index (χ1) is 13.3. The average Bonchev–Trinajstić information content (AvgIpc) is 3.16. The van der Waals surface area contributed by atoms with Crippen LogP contribution in [0.25, 0.3) is 11.1 Å². The van der Waals surface area contributed by atoms with Crippen LogP contribution in [0.3, 0.4) is 0 Å². The Morgan fingerprint density at radius 1 is 1.04 bits per heavy atom. The van der Waals surface area contributed by atoms with Crippen LogP contribution in [0.4, 0.5) is 0 Å². The summed E-state index contributed by atoms with van der Waals surface area (Å²) < 4.78 is 16.3. The summed E-state index contributed by atoms with van der Waals surface area (Å²) in [6.45, 7) is 3.28. The van der Waals surface area contributed by atoms with E-state index in [4.69, 9.17) is 13.9 Å². The lowest BCUT2D eigenvalue weighted by atomic mass is 10.1. The standard InChI is InChI=1S/C22H25NO4/c1-2-3-4-5-13-25-19-9-6-17(7-10-19)12-14-26-22(24)18-8-11-21-20(15-18)23-16-27-21/h6-11,15-16H,2-5,12-14H2,1H3. The van der Waals surface area contributed by atoms with Gasteiger partial charge in [0.1, 0.15) is 11.3 Å². The van der Waals surface area contributed by atoms with Gasteiger partial charge in [0.15, 0.2) is 12.0 Å². The molecule has 0 spiro atoms. The van der Waals surface area contributed by atoms with E-state index in [2.05, 4.69) is 11.9 Å². The quantitative estimate of drug-likeness (QED) is 0.365. The van der Waals surface area contributed by atoms with Gasteiger partial charge in [-0.05, 0) is 42.3 Å². The Balaban J connectivity index is 1.41. The van der Waals surface area contributed by atoms with Crippen LogP contribution in [0.15, 0.2) is 53.3 Å². The van der Waals surface area contributed by atoms with Gasteiger partial charge in [-0.15, -0.1) is 0 Å². The molecule has 0 aliphatic carbocycles. The first-order valence-electron chi connectivity index (χ1n) is 9.48. The van der Waals surface area contributed by atoms with Crippen LogP contribution >= 0.6 is 0 Å². The number of esters is 1. The SMILES string of the molecule is CCCCCCOc1ccc(CCOC(=O)c2ccc3ocnc3c2)cc1. The van der Waals surface area contributed by atoms with E-state index in [9.17, 15) is 4.79 Å². The number of hydrogen-bond acceptors (Lipinski definition) is 5. The number of rotatable bonds is 10. The highest BCUT2D eigenvalue weighted by Crippen LogP contribution is 2.16. The summed E-state index contributed by atoms with van der Waals surface area (Å²) in [6, 6.07) is 13.0. The first kappa shape index (κ1) is 19.0. The largest absolute Gasteiger partial charge is 0.494 e. The lowest BCUT2D eigenvalue weighted by molar-refractivity contribution is 0.0509. The fourth-order valence-electron chi connectivity index (χ4n) is 2.80. The van der Waals surface area contributed by atoms with Gasteiger partial charge in [0.25, 0.3) is 0 Å². The van der Waals surface area contributed by atoms with Crippen LogP contribution in [0.1, 0.15) is 48.5 Å². The average molecular weight is 367 g/mol. The number of unbranched alkanes of at least 4 members (excludes halogenated alkanes) is 3. The molecule has 0 fully saturated rings. The van der Waals surface area contributed by atoms with Gasteiger partial charge in [0.2, 0.25) is 0 Å². The topological polar surface area (TPSA) is 61.6 Å². The van der Waals surface area contributed by atoms with Crippen molar-refractivity contribution in [2.45, 2.75) is 39.0 Å². The van der Waals surface area contributed by atoms with Gasteiger partial charge in [-0.3, -0.25) is 0 Å². The van der Waals surface area contributed by atoms with E-state index < -0.39 is 0 Å². The molecule has 0 amide bonds. The Labute approximate surface area is 159 Å². The molecule has 5 heteroatoms. The molecule has 27 heavy (non-hydrogen) atoms. The molecular weight excluding hydrogens is 342 g/mol. The van der Waals surface area contributed by atoms with Gasteiger partial charge >= 0.3 is 5.97 Å². The summed E-state index contributed by atoms with van der Waals surface area (Å²) in [4.78, 5) is 16.2. The maximum absolute atomic E-state index is 12.1. The molecule has 1 aromatic heterocycles. The number of aromatic nitrogens is 1. The molecule has 3 aromatic rings. The van der Waals surface area contributed by atoms with Crippen LogP contribution in [0.5, 0.6) is 5.75 Å². The first-order valence-corrected chi connectivity index (χ1v) is 9.48. The predicted molar refractivity (Wildman–Crippen MR) is 104 cm³/mol. The van der Waals surface area contributed by atoms with Crippen molar-refractivity contribution < 1.29 is 18.7 Å². The van der Waals surface area contributed by atoms with Crippen molar-refractivity contribution in [1.82, 2.24) is 4.98 Å². The zero-order valence-corrected chi connectivity index (χ0v) is 15.6.